The van der Waals surface area contributed by atoms with Crippen molar-refractivity contribution < 1.29 is 0 Å². The minimum atomic E-state index is 0.202. The molecule has 6 heteroatoms. The molecule has 0 bridgehead atoms. The molecule has 48 valence electrons. The molecule has 2 aliphatic rings. The number of amidine groups is 2. The first-order valence-electron chi connectivity index (χ1n) is 2.51. The Hall–Kier alpha value is -1.30. The summed E-state index contributed by atoms with van der Waals surface area (Å²) in [5.74, 6) is 0.897. The minimum absolute atomic E-state index is 0.202. The number of nitrogens with zero attached hydrogens (tertiary/aromatic N) is 5. The maximum absolute atomic E-state index is 4.65. The van der Waals surface area contributed by atoms with Crippen molar-refractivity contribution in [3.05, 3.63) is 0 Å². The van der Waals surface area contributed by atoms with Gasteiger partial charge in [0.15, 0.2) is 0 Å². The number of hydrogen-bond acceptors (Lipinski definition) is 4. The van der Waals surface area contributed by atoms with Crippen molar-refractivity contribution in [3.8, 4) is 0 Å². The van der Waals surface area contributed by atoms with Crippen molar-refractivity contribution in [2.75, 3.05) is 0 Å². The van der Waals surface area contributed by atoms with Crippen LogP contribution in [0.2, 0.25) is 0 Å². The van der Waals surface area contributed by atoms with Crippen LogP contribution in [0.25, 0.3) is 0 Å². The normalized spacial score (nSPS) is 20.6. The second-order valence-corrected chi connectivity index (χ2v) is 1.98. The van der Waals surface area contributed by atoms with Crippen LogP contribution in [0, 0.1) is 0 Å². The highest BCUT2D eigenvalue weighted by Gasteiger charge is 2.15. The number of aliphatic imine (C=N–C) groups is 3. The summed E-state index contributed by atoms with van der Waals surface area (Å²) in [6, 6.07) is 0. The SMILES string of the molecule is S=C1N=NC2=NC=NC2=N1. The van der Waals surface area contributed by atoms with Gasteiger partial charge in [0, 0.05) is 0 Å². The van der Waals surface area contributed by atoms with Crippen LogP contribution in [0.1, 0.15) is 0 Å². The van der Waals surface area contributed by atoms with Crippen LogP contribution < -0.4 is 0 Å². The zero-order valence-corrected chi connectivity index (χ0v) is 5.54. The maximum atomic E-state index is 4.65. The highest BCUT2D eigenvalue weighted by atomic mass is 32.1. The van der Waals surface area contributed by atoms with Crippen LogP contribution in [0.3, 0.4) is 0 Å². The zero-order chi connectivity index (χ0) is 6.97. The standard InChI is InChI=1S/C4HN5S/c10-4-7-2-3(8-9-4)6-1-5-2/h1H. The Labute approximate surface area is 61.3 Å². The van der Waals surface area contributed by atoms with E-state index in [2.05, 4.69) is 37.4 Å². The molecule has 0 aliphatic carbocycles. The smallest absolute Gasteiger partial charge is 0.213 e. The topological polar surface area (TPSA) is 61.8 Å². The monoisotopic (exact) mass is 151 g/mol. The maximum Gasteiger partial charge on any atom is 0.242 e. The van der Waals surface area contributed by atoms with Gasteiger partial charge in [0.05, 0.1) is 0 Å². The van der Waals surface area contributed by atoms with E-state index >= 15 is 0 Å². The molecule has 2 aliphatic heterocycles. The third-order valence-electron chi connectivity index (χ3n) is 0.992. The number of thiocarbonyl (C=S) groups is 1. The van der Waals surface area contributed by atoms with Gasteiger partial charge in [0.25, 0.3) is 0 Å². The van der Waals surface area contributed by atoms with E-state index in [1.165, 1.54) is 6.34 Å². The Kier molecular flexibility index (Phi) is 1.01. The van der Waals surface area contributed by atoms with Crippen LogP contribution in [0.4, 0.5) is 0 Å². The average Bonchev–Trinajstić information content (AvgIpc) is 2.33. The van der Waals surface area contributed by atoms with Crippen LogP contribution >= 0.6 is 12.2 Å². The lowest BCUT2D eigenvalue weighted by Crippen LogP contribution is -2.10. The van der Waals surface area contributed by atoms with Gasteiger partial charge in [-0.25, -0.2) is 9.98 Å². The van der Waals surface area contributed by atoms with E-state index in [0.29, 0.717) is 11.7 Å². The fourth-order valence-electron chi connectivity index (χ4n) is 0.606. The Balaban J connectivity index is 2.51. The summed E-state index contributed by atoms with van der Waals surface area (Å²) in [6.45, 7) is 0. The van der Waals surface area contributed by atoms with Crippen molar-refractivity contribution in [1.82, 2.24) is 0 Å². The van der Waals surface area contributed by atoms with Crippen molar-refractivity contribution in [3.63, 3.8) is 0 Å². The van der Waals surface area contributed by atoms with Gasteiger partial charge in [0.2, 0.25) is 16.8 Å². The summed E-state index contributed by atoms with van der Waals surface area (Å²) in [7, 11) is 0. The average molecular weight is 151 g/mol. The predicted molar refractivity (Wildman–Crippen MR) is 40.8 cm³/mol. The van der Waals surface area contributed by atoms with E-state index in [9.17, 15) is 0 Å². The van der Waals surface area contributed by atoms with E-state index < -0.39 is 0 Å². The van der Waals surface area contributed by atoms with Gasteiger partial charge >= 0.3 is 0 Å². The van der Waals surface area contributed by atoms with Gasteiger partial charge in [-0.15, -0.1) is 10.2 Å². The fraction of sp³-hybridized carbons (Fsp3) is 0. The van der Waals surface area contributed by atoms with Crippen LogP contribution in [-0.4, -0.2) is 23.1 Å². The quantitative estimate of drug-likeness (QED) is 0.467. The van der Waals surface area contributed by atoms with E-state index in [1.807, 2.05) is 0 Å². The largest absolute Gasteiger partial charge is 0.242 e. The van der Waals surface area contributed by atoms with E-state index in [0.717, 1.165) is 0 Å². The summed E-state index contributed by atoms with van der Waals surface area (Å²) in [6.07, 6.45) is 1.38. The molecule has 10 heavy (non-hydrogen) atoms. The molecule has 0 saturated carbocycles. The third kappa shape index (κ3) is 0.695. The third-order valence-corrected chi connectivity index (χ3v) is 1.16. The lowest BCUT2D eigenvalue weighted by Gasteiger charge is -1.96. The van der Waals surface area contributed by atoms with Gasteiger partial charge in [-0.3, -0.25) is 0 Å². The van der Waals surface area contributed by atoms with Crippen molar-refractivity contribution >= 4 is 35.3 Å². The molecule has 0 fully saturated rings. The molecular weight excluding hydrogens is 150 g/mol. The summed E-state index contributed by atoms with van der Waals surface area (Å²) < 4.78 is 0. The van der Waals surface area contributed by atoms with Crippen molar-refractivity contribution in [1.29, 1.82) is 0 Å². The highest BCUT2D eigenvalue weighted by Crippen LogP contribution is 2.04. The fourth-order valence-corrected chi connectivity index (χ4v) is 0.734. The van der Waals surface area contributed by atoms with Crippen LogP contribution in [0.5, 0.6) is 0 Å². The Morgan fingerprint density at radius 3 is 3.00 bits per heavy atom. The first-order chi connectivity index (χ1) is 4.86. The molecular formula is C4HN5S. The van der Waals surface area contributed by atoms with Gasteiger partial charge in [0.1, 0.15) is 6.34 Å². The van der Waals surface area contributed by atoms with E-state index in [-0.39, 0.29) is 5.11 Å². The van der Waals surface area contributed by atoms with Crippen LogP contribution in [0.15, 0.2) is 25.2 Å². The number of hydrogen-bond donors (Lipinski definition) is 0. The van der Waals surface area contributed by atoms with Gasteiger partial charge in [-0.1, -0.05) is 0 Å². The Bertz CT molecular complexity index is 310. The first-order valence-corrected chi connectivity index (χ1v) is 2.92. The molecule has 0 saturated heterocycles. The Morgan fingerprint density at radius 1 is 1.20 bits per heavy atom. The molecule has 0 aromatic rings. The Morgan fingerprint density at radius 2 is 2.10 bits per heavy atom. The molecule has 0 atom stereocenters. The van der Waals surface area contributed by atoms with Crippen molar-refractivity contribution in [2.24, 2.45) is 25.2 Å². The van der Waals surface area contributed by atoms with Crippen molar-refractivity contribution in [2.45, 2.75) is 0 Å². The highest BCUT2D eigenvalue weighted by molar-refractivity contribution is 7.80. The van der Waals surface area contributed by atoms with Crippen LogP contribution in [-0.2, 0) is 0 Å². The second-order valence-electron chi connectivity index (χ2n) is 1.62. The molecule has 2 rings (SSSR count). The number of azo groups is 1. The summed E-state index contributed by atoms with van der Waals surface area (Å²) >= 11 is 4.65. The van der Waals surface area contributed by atoms with Gasteiger partial charge < -0.3 is 0 Å². The van der Waals surface area contributed by atoms with E-state index in [4.69, 9.17) is 0 Å². The first kappa shape index (κ1) is 5.48. The predicted octanol–water partition coefficient (Wildman–Crippen LogP) is 0.576. The molecule has 0 unspecified atom stereocenters. The summed E-state index contributed by atoms with van der Waals surface area (Å²) in [5.41, 5.74) is 0. The molecule has 0 amide bonds. The molecule has 5 nitrogen and oxygen atoms in total. The van der Waals surface area contributed by atoms with E-state index in [1.54, 1.807) is 0 Å². The molecule has 0 radical (unpaired) electrons. The summed E-state index contributed by atoms with van der Waals surface area (Å²) in [4.78, 5) is 11.4. The second kappa shape index (κ2) is 1.84. The molecule has 0 spiro atoms. The van der Waals surface area contributed by atoms with Gasteiger partial charge in [-0.05, 0) is 12.2 Å². The molecule has 2 heterocycles. The molecule has 0 aromatic heterocycles. The number of fused-ring (bicyclic) bond motifs is 1. The lowest BCUT2D eigenvalue weighted by molar-refractivity contribution is 1.31. The van der Waals surface area contributed by atoms with Gasteiger partial charge in [-0.2, -0.15) is 4.99 Å². The number of rotatable bonds is 0. The molecule has 0 aromatic carbocycles. The summed E-state index contributed by atoms with van der Waals surface area (Å²) in [5, 5.41) is 7.38. The minimum Gasteiger partial charge on any atom is -0.213 e. The lowest BCUT2D eigenvalue weighted by atomic mass is 10.5. The zero-order valence-electron chi connectivity index (χ0n) is 4.72. The molecule has 0 N–H and O–H groups in total.